The van der Waals surface area contributed by atoms with Crippen LogP contribution in [0, 0.1) is 13.8 Å². The number of benzene rings is 4. The molecule has 0 fully saturated rings. The number of halogens is 1. The van der Waals surface area contributed by atoms with E-state index in [9.17, 15) is 21.6 Å². The maximum atomic E-state index is 14.0. The van der Waals surface area contributed by atoms with Crippen molar-refractivity contribution in [2.24, 2.45) is 0 Å². The molecule has 0 aliphatic heterocycles. The Morgan fingerprint density at radius 1 is 0.711 bits per heavy atom. The van der Waals surface area contributed by atoms with E-state index < -0.39 is 32.5 Å². The Bertz CT molecular complexity index is 1930. The Morgan fingerprint density at radius 2 is 1.31 bits per heavy atom. The summed E-state index contributed by atoms with van der Waals surface area (Å²) in [5.41, 5.74) is 2.65. The molecule has 14 heteroatoms. The monoisotopic (exact) mass is 673 g/mol. The normalized spacial score (nSPS) is 11.4. The summed E-state index contributed by atoms with van der Waals surface area (Å²) < 4.78 is 73.2. The van der Waals surface area contributed by atoms with Crippen LogP contribution in [0.1, 0.15) is 11.1 Å². The predicted molar refractivity (Wildman–Crippen MR) is 174 cm³/mol. The van der Waals surface area contributed by atoms with E-state index in [0.29, 0.717) is 11.4 Å². The summed E-state index contributed by atoms with van der Waals surface area (Å²) in [6, 6.07) is 19.1. The third-order valence-electron chi connectivity index (χ3n) is 6.85. The fraction of sp³-hybridized carbons (Fsp3) is 0.194. The Kier molecular flexibility index (Phi) is 10.2. The lowest BCUT2D eigenvalue weighted by Crippen LogP contribution is -2.38. The number of nitrogens with one attached hydrogen (secondary N) is 2. The first-order valence-corrected chi connectivity index (χ1v) is 16.7. The molecule has 1 amide bonds. The third kappa shape index (κ3) is 7.62. The second-order valence-corrected chi connectivity index (χ2v) is 13.8. The van der Waals surface area contributed by atoms with Crippen molar-refractivity contribution in [2.75, 3.05) is 42.2 Å². The van der Waals surface area contributed by atoms with E-state index in [4.69, 9.17) is 25.8 Å². The number of sulfonamides is 2. The molecule has 0 aromatic heterocycles. The molecule has 0 spiro atoms. The second kappa shape index (κ2) is 13.7. The SMILES string of the molecule is COc1ccc(S(=O)(=O)N(CC(=O)Nc2ccc(S(=O)(=O)Nc3ccc(C)c(C)c3)cc2)c2cc(Cl)ccc2OC)cc1OC. The summed E-state index contributed by atoms with van der Waals surface area (Å²) in [4.78, 5) is 13.1. The molecule has 4 aromatic rings. The van der Waals surface area contributed by atoms with E-state index in [1.54, 1.807) is 12.1 Å². The van der Waals surface area contributed by atoms with E-state index >= 15 is 0 Å². The van der Waals surface area contributed by atoms with Gasteiger partial charge in [-0.15, -0.1) is 0 Å². The highest BCUT2D eigenvalue weighted by Crippen LogP contribution is 2.37. The minimum atomic E-state index is -4.40. The van der Waals surface area contributed by atoms with Crippen LogP contribution in [-0.2, 0) is 24.8 Å². The fourth-order valence-corrected chi connectivity index (χ4v) is 6.98. The molecular weight excluding hydrogens is 642 g/mol. The standard InChI is InChI=1S/C31H32ClN3O8S2/c1-20-6-8-24(16-21(20)2)34-44(37,38)25-11-9-23(10-12-25)33-31(36)19-35(27-17-22(32)7-14-28(27)41-3)45(39,40)26-13-15-29(42-4)30(18-26)43-5/h6-18,34H,19H2,1-5H3,(H,33,36). The van der Waals surface area contributed by atoms with Gasteiger partial charge in [0.2, 0.25) is 5.91 Å². The Morgan fingerprint density at radius 3 is 1.93 bits per heavy atom. The number of nitrogens with zero attached hydrogens (tertiary/aromatic N) is 1. The summed E-state index contributed by atoms with van der Waals surface area (Å²) in [5.74, 6) is -0.0779. The summed E-state index contributed by atoms with van der Waals surface area (Å²) in [6.07, 6.45) is 0. The summed E-state index contributed by atoms with van der Waals surface area (Å²) in [7, 11) is -4.16. The molecule has 0 radical (unpaired) electrons. The lowest BCUT2D eigenvalue weighted by atomic mass is 10.1. The molecule has 45 heavy (non-hydrogen) atoms. The molecular formula is C31H32ClN3O8S2. The molecule has 11 nitrogen and oxygen atoms in total. The first-order chi connectivity index (χ1) is 21.3. The van der Waals surface area contributed by atoms with Gasteiger partial charge < -0.3 is 19.5 Å². The van der Waals surface area contributed by atoms with Crippen molar-refractivity contribution in [1.29, 1.82) is 0 Å². The molecule has 2 N–H and O–H groups in total. The molecule has 4 rings (SSSR count). The molecule has 0 saturated heterocycles. The molecule has 0 heterocycles. The smallest absolute Gasteiger partial charge is 0.265 e. The van der Waals surface area contributed by atoms with Crippen molar-refractivity contribution < 1.29 is 35.8 Å². The predicted octanol–water partition coefficient (Wildman–Crippen LogP) is 5.62. The van der Waals surface area contributed by atoms with Crippen molar-refractivity contribution in [3.05, 3.63) is 95.0 Å². The quantitative estimate of drug-likeness (QED) is 0.198. The van der Waals surface area contributed by atoms with Crippen molar-refractivity contribution in [3.8, 4) is 17.2 Å². The zero-order valence-electron chi connectivity index (χ0n) is 25.1. The van der Waals surface area contributed by atoms with Crippen LogP contribution >= 0.6 is 11.6 Å². The van der Waals surface area contributed by atoms with Gasteiger partial charge >= 0.3 is 0 Å². The van der Waals surface area contributed by atoms with Crippen molar-refractivity contribution in [3.63, 3.8) is 0 Å². The van der Waals surface area contributed by atoms with Crippen LogP contribution in [0.5, 0.6) is 17.2 Å². The van der Waals surface area contributed by atoms with E-state index in [-0.39, 0.29) is 37.7 Å². The van der Waals surface area contributed by atoms with Crippen LogP contribution in [0.15, 0.2) is 88.7 Å². The van der Waals surface area contributed by atoms with Gasteiger partial charge in [0.15, 0.2) is 11.5 Å². The number of carbonyl (C=O) groups is 1. The number of rotatable bonds is 12. The second-order valence-electron chi connectivity index (χ2n) is 9.82. The van der Waals surface area contributed by atoms with Crippen molar-refractivity contribution in [1.82, 2.24) is 0 Å². The first-order valence-electron chi connectivity index (χ1n) is 13.4. The number of aryl methyl sites for hydroxylation is 2. The van der Waals surface area contributed by atoms with E-state index in [1.807, 2.05) is 19.9 Å². The zero-order valence-corrected chi connectivity index (χ0v) is 27.5. The highest BCUT2D eigenvalue weighted by atomic mass is 35.5. The molecule has 0 bridgehead atoms. The Hall–Kier alpha value is -4.46. The molecule has 0 atom stereocenters. The van der Waals surface area contributed by atoms with Crippen LogP contribution in [0.2, 0.25) is 5.02 Å². The number of hydrogen-bond donors (Lipinski definition) is 2. The van der Waals surface area contributed by atoms with Gasteiger partial charge in [0, 0.05) is 22.5 Å². The summed E-state index contributed by atoms with van der Waals surface area (Å²) in [5, 5.41) is 2.83. The Balaban J connectivity index is 1.61. The molecule has 4 aromatic carbocycles. The van der Waals surface area contributed by atoms with Crippen LogP contribution in [-0.4, -0.2) is 50.6 Å². The number of carbonyl (C=O) groups excluding carboxylic acids is 1. The van der Waals surface area contributed by atoms with Crippen LogP contribution < -0.4 is 28.6 Å². The fourth-order valence-electron chi connectivity index (χ4n) is 4.33. The van der Waals surface area contributed by atoms with Crippen molar-refractivity contribution in [2.45, 2.75) is 23.6 Å². The summed E-state index contributed by atoms with van der Waals surface area (Å²) >= 11 is 6.22. The number of hydrogen-bond acceptors (Lipinski definition) is 8. The van der Waals surface area contributed by atoms with Crippen LogP contribution in [0.3, 0.4) is 0 Å². The van der Waals surface area contributed by atoms with E-state index in [2.05, 4.69) is 10.0 Å². The first kappa shape index (κ1) is 33.4. The number of ether oxygens (including phenoxy) is 3. The average Bonchev–Trinajstić information content (AvgIpc) is 3.01. The minimum Gasteiger partial charge on any atom is -0.495 e. The largest absolute Gasteiger partial charge is 0.495 e. The van der Waals surface area contributed by atoms with Gasteiger partial charge in [0.05, 0.1) is 36.8 Å². The van der Waals surface area contributed by atoms with Gasteiger partial charge in [0.25, 0.3) is 20.0 Å². The van der Waals surface area contributed by atoms with Gasteiger partial charge in [-0.25, -0.2) is 16.8 Å². The van der Waals surface area contributed by atoms with Crippen molar-refractivity contribution >= 4 is 54.6 Å². The van der Waals surface area contributed by atoms with Gasteiger partial charge in [-0.3, -0.25) is 13.8 Å². The Labute approximate surface area is 267 Å². The number of amides is 1. The maximum Gasteiger partial charge on any atom is 0.265 e. The lowest BCUT2D eigenvalue weighted by molar-refractivity contribution is -0.114. The highest BCUT2D eigenvalue weighted by Gasteiger charge is 2.31. The number of methoxy groups -OCH3 is 3. The van der Waals surface area contributed by atoms with Crippen LogP contribution in [0.25, 0.3) is 0 Å². The maximum absolute atomic E-state index is 14.0. The van der Waals surface area contributed by atoms with Gasteiger partial charge in [0.1, 0.15) is 12.3 Å². The highest BCUT2D eigenvalue weighted by molar-refractivity contribution is 7.93. The van der Waals surface area contributed by atoms with E-state index in [0.717, 1.165) is 15.4 Å². The summed E-state index contributed by atoms with van der Waals surface area (Å²) in [6.45, 7) is 3.13. The topological polar surface area (TPSA) is 140 Å². The van der Waals surface area contributed by atoms with Gasteiger partial charge in [-0.2, -0.15) is 0 Å². The molecule has 0 unspecified atom stereocenters. The average molecular weight is 674 g/mol. The zero-order chi connectivity index (χ0) is 32.9. The molecule has 0 saturated carbocycles. The van der Waals surface area contributed by atoms with Gasteiger partial charge in [-0.1, -0.05) is 17.7 Å². The molecule has 0 aliphatic carbocycles. The number of anilines is 3. The third-order valence-corrected chi connectivity index (χ3v) is 10.2. The molecule has 238 valence electrons. The lowest BCUT2D eigenvalue weighted by Gasteiger charge is -2.26. The molecule has 0 aliphatic rings. The van der Waals surface area contributed by atoms with Gasteiger partial charge in [-0.05, 0) is 91.7 Å². The van der Waals surface area contributed by atoms with Crippen LogP contribution in [0.4, 0.5) is 17.1 Å². The van der Waals surface area contributed by atoms with E-state index in [1.165, 1.54) is 82.0 Å². The minimum absolute atomic E-state index is 0.0220.